The Kier molecular flexibility index (Phi) is 3.95. The Balaban J connectivity index is 2.17. The zero-order valence-electron chi connectivity index (χ0n) is 7.74. The number of ether oxygens (including phenoxy) is 1. The molecule has 12 heavy (non-hydrogen) atoms. The fourth-order valence-electron chi connectivity index (χ4n) is 1.46. The third-order valence-electron chi connectivity index (χ3n) is 2.46. The van der Waals surface area contributed by atoms with E-state index in [0.717, 1.165) is 32.6 Å². The molecule has 72 valence electrons. The van der Waals surface area contributed by atoms with Gasteiger partial charge in [-0.25, -0.2) is 0 Å². The van der Waals surface area contributed by atoms with Gasteiger partial charge in [0.1, 0.15) is 0 Å². The molecule has 1 fully saturated rings. The quantitative estimate of drug-likeness (QED) is 0.654. The van der Waals surface area contributed by atoms with Gasteiger partial charge in [0, 0.05) is 18.8 Å². The minimum atomic E-state index is -0.223. The van der Waals surface area contributed by atoms with Gasteiger partial charge in [-0.05, 0) is 32.7 Å². The fraction of sp³-hybridized carbons (Fsp3) is 1.00. The molecule has 0 aromatic heterocycles. The van der Waals surface area contributed by atoms with E-state index in [2.05, 4.69) is 12.2 Å². The molecule has 0 atom stereocenters. The van der Waals surface area contributed by atoms with Crippen LogP contribution in [0.25, 0.3) is 0 Å². The van der Waals surface area contributed by atoms with Gasteiger partial charge in [0.25, 0.3) is 0 Å². The number of halogens is 1. The normalized spacial score (nSPS) is 22.5. The highest BCUT2D eigenvalue weighted by Gasteiger charge is 2.25. The van der Waals surface area contributed by atoms with Crippen molar-refractivity contribution in [1.82, 2.24) is 5.32 Å². The molecule has 0 saturated carbocycles. The van der Waals surface area contributed by atoms with Crippen LogP contribution >= 0.6 is 0 Å². The first kappa shape index (κ1) is 9.93. The Morgan fingerprint density at radius 2 is 2.08 bits per heavy atom. The van der Waals surface area contributed by atoms with E-state index >= 15 is 0 Å². The highest BCUT2D eigenvalue weighted by Crippen LogP contribution is 2.19. The van der Waals surface area contributed by atoms with Crippen LogP contribution in [0.15, 0.2) is 0 Å². The molecular formula is C9H18FNO. The second kappa shape index (κ2) is 4.77. The fourth-order valence-corrected chi connectivity index (χ4v) is 1.46. The average molecular weight is 175 g/mol. The first-order valence-electron chi connectivity index (χ1n) is 4.66. The van der Waals surface area contributed by atoms with Gasteiger partial charge in [0.05, 0.1) is 6.67 Å². The summed E-state index contributed by atoms with van der Waals surface area (Å²) in [5.74, 6) is 0. The van der Waals surface area contributed by atoms with Crippen molar-refractivity contribution in [3.05, 3.63) is 0 Å². The standard InChI is InChI=1S/C9H18FNO/c1-9(11-6-2-5-10)3-7-12-8-4-9/h11H,2-8H2,1H3. The minimum Gasteiger partial charge on any atom is -0.381 e. The van der Waals surface area contributed by atoms with Crippen LogP contribution in [0.4, 0.5) is 4.39 Å². The van der Waals surface area contributed by atoms with Crippen LogP contribution in [-0.2, 0) is 4.74 Å². The Morgan fingerprint density at radius 1 is 1.42 bits per heavy atom. The van der Waals surface area contributed by atoms with Crippen molar-refractivity contribution >= 4 is 0 Å². The second-order valence-electron chi connectivity index (χ2n) is 3.64. The van der Waals surface area contributed by atoms with Crippen LogP contribution in [0.5, 0.6) is 0 Å². The molecule has 2 nitrogen and oxygen atoms in total. The molecule has 0 unspecified atom stereocenters. The first-order valence-corrected chi connectivity index (χ1v) is 4.66. The predicted molar refractivity (Wildman–Crippen MR) is 47.1 cm³/mol. The van der Waals surface area contributed by atoms with E-state index in [1.807, 2.05) is 0 Å². The van der Waals surface area contributed by atoms with Crippen molar-refractivity contribution in [2.24, 2.45) is 0 Å². The zero-order chi connectivity index (χ0) is 8.86. The maximum atomic E-state index is 11.8. The number of hydrogen-bond acceptors (Lipinski definition) is 2. The van der Waals surface area contributed by atoms with Gasteiger partial charge < -0.3 is 10.1 Å². The molecule has 0 bridgehead atoms. The van der Waals surface area contributed by atoms with Crippen LogP contribution in [0.2, 0.25) is 0 Å². The van der Waals surface area contributed by atoms with Crippen LogP contribution in [0.3, 0.4) is 0 Å². The molecule has 0 aliphatic carbocycles. The topological polar surface area (TPSA) is 21.3 Å². The van der Waals surface area contributed by atoms with E-state index in [-0.39, 0.29) is 12.2 Å². The molecule has 0 spiro atoms. The molecule has 0 aromatic carbocycles. The van der Waals surface area contributed by atoms with E-state index < -0.39 is 0 Å². The van der Waals surface area contributed by atoms with Crippen LogP contribution < -0.4 is 5.32 Å². The van der Waals surface area contributed by atoms with E-state index in [4.69, 9.17) is 4.74 Å². The number of alkyl halides is 1. The Labute approximate surface area is 73.5 Å². The van der Waals surface area contributed by atoms with Crippen molar-refractivity contribution in [3.63, 3.8) is 0 Å². The van der Waals surface area contributed by atoms with Gasteiger partial charge in [0.2, 0.25) is 0 Å². The monoisotopic (exact) mass is 175 g/mol. The summed E-state index contributed by atoms with van der Waals surface area (Å²) in [6.07, 6.45) is 2.70. The summed E-state index contributed by atoms with van der Waals surface area (Å²) in [4.78, 5) is 0. The molecule has 1 aliphatic heterocycles. The van der Waals surface area contributed by atoms with Crippen molar-refractivity contribution in [3.8, 4) is 0 Å². The third kappa shape index (κ3) is 3.07. The van der Waals surface area contributed by atoms with Crippen molar-refractivity contribution in [2.45, 2.75) is 31.7 Å². The molecule has 1 N–H and O–H groups in total. The molecule has 0 amide bonds. The minimum absolute atomic E-state index is 0.188. The molecule has 1 aliphatic rings. The second-order valence-corrected chi connectivity index (χ2v) is 3.64. The molecule has 3 heteroatoms. The van der Waals surface area contributed by atoms with Crippen molar-refractivity contribution in [2.75, 3.05) is 26.4 Å². The van der Waals surface area contributed by atoms with E-state index in [9.17, 15) is 4.39 Å². The summed E-state index contributed by atoms with van der Waals surface area (Å²) in [6, 6.07) is 0. The van der Waals surface area contributed by atoms with Crippen molar-refractivity contribution in [1.29, 1.82) is 0 Å². The summed E-state index contributed by atoms with van der Waals surface area (Å²) in [6.45, 7) is 4.42. The lowest BCUT2D eigenvalue weighted by molar-refractivity contribution is 0.0452. The summed E-state index contributed by atoms with van der Waals surface area (Å²) in [5.41, 5.74) is 0.188. The summed E-state index contributed by atoms with van der Waals surface area (Å²) in [7, 11) is 0. The van der Waals surface area contributed by atoms with Gasteiger partial charge in [-0.2, -0.15) is 0 Å². The Morgan fingerprint density at radius 3 is 2.67 bits per heavy atom. The van der Waals surface area contributed by atoms with Gasteiger partial charge in [-0.3, -0.25) is 4.39 Å². The molecule has 0 radical (unpaired) electrons. The first-order chi connectivity index (χ1) is 5.77. The zero-order valence-corrected chi connectivity index (χ0v) is 7.74. The molecule has 1 heterocycles. The van der Waals surface area contributed by atoms with Gasteiger partial charge >= 0.3 is 0 Å². The van der Waals surface area contributed by atoms with E-state index in [0.29, 0.717) is 6.42 Å². The lowest BCUT2D eigenvalue weighted by Crippen LogP contribution is -2.47. The molecule has 0 aromatic rings. The van der Waals surface area contributed by atoms with Crippen LogP contribution in [-0.4, -0.2) is 32.0 Å². The summed E-state index contributed by atoms with van der Waals surface area (Å²) in [5, 5.41) is 3.38. The van der Waals surface area contributed by atoms with Gasteiger partial charge in [0.15, 0.2) is 0 Å². The third-order valence-corrected chi connectivity index (χ3v) is 2.46. The van der Waals surface area contributed by atoms with Crippen LogP contribution in [0, 0.1) is 0 Å². The highest BCUT2D eigenvalue weighted by atomic mass is 19.1. The average Bonchev–Trinajstić information content (AvgIpc) is 2.06. The van der Waals surface area contributed by atoms with Crippen LogP contribution in [0.1, 0.15) is 26.2 Å². The lowest BCUT2D eigenvalue weighted by Gasteiger charge is -2.34. The maximum Gasteiger partial charge on any atom is 0.0906 e. The highest BCUT2D eigenvalue weighted by molar-refractivity contribution is 4.84. The predicted octanol–water partition coefficient (Wildman–Crippen LogP) is 1.50. The number of nitrogens with one attached hydrogen (secondary N) is 1. The number of rotatable bonds is 4. The van der Waals surface area contributed by atoms with E-state index in [1.54, 1.807) is 0 Å². The van der Waals surface area contributed by atoms with Gasteiger partial charge in [-0.1, -0.05) is 0 Å². The molecule has 1 rings (SSSR count). The van der Waals surface area contributed by atoms with Gasteiger partial charge in [-0.15, -0.1) is 0 Å². The largest absolute Gasteiger partial charge is 0.381 e. The maximum absolute atomic E-state index is 11.8. The summed E-state index contributed by atoms with van der Waals surface area (Å²) >= 11 is 0. The molecular weight excluding hydrogens is 157 g/mol. The lowest BCUT2D eigenvalue weighted by atomic mass is 9.92. The Bertz CT molecular complexity index is 124. The SMILES string of the molecule is CC1(NCCCF)CCOCC1. The summed E-state index contributed by atoms with van der Waals surface area (Å²) < 4.78 is 17.1. The number of hydrogen-bond donors (Lipinski definition) is 1. The van der Waals surface area contributed by atoms with E-state index in [1.165, 1.54) is 0 Å². The Hall–Kier alpha value is -0.150. The van der Waals surface area contributed by atoms with Crippen molar-refractivity contribution < 1.29 is 9.13 Å². The molecule has 1 saturated heterocycles. The smallest absolute Gasteiger partial charge is 0.0906 e.